The molecule has 9 nitrogen and oxygen atoms in total. The largest absolute Gasteiger partial charge is 0.466 e. The predicted octanol–water partition coefficient (Wildman–Crippen LogP) is 3.73. The molecule has 0 saturated carbocycles. The Morgan fingerprint density at radius 3 is 2.45 bits per heavy atom. The van der Waals surface area contributed by atoms with Gasteiger partial charge in [-0.05, 0) is 36.2 Å². The maximum atomic E-state index is 12.7. The highest BCUT2D eigenvalue weighted by Gasteiger charge is 2.46. The summed E-state index contributed by atoms with van der Waals surface area (Å²) in [5.41, 5.74) is 7.46. The molecule has 0 amide bonds. The molecule has 0 radical (unpaired) electrons. The Balaban J connectivity index is 2.23. The van der Waals surface area contributed by atoms with Gasteiger partial charge in [-0.2, -0.15) is 0 Å². The van der Waals surface area contributed by atoms with Crippen LogP contribution in [0.3, 0.4) is 0 Å². The van der Waals surface area contributed by atoms with Crippen LogP contribution in [-0.4, -0.2) is 46.4 Å². The van der Waals surface area contributed by atoms with E-state index in [-0.39, 0.29) is 22.9 Å². The highest BCUT2D eigenvalue weighted by Crippen LogP contribution is 2.42. The third kappa shape index (κ3) is 4.89. The SMILES string of the molecule is CCN(Cc1ccc(Cl)nc1)C1=C([N+](=O)[O-])C(c2ccc(Cl)cc2)C(C(=O)OC)=C(N)N1C. The number of aromatic nitrogens is 1. The van der Waals surface area contributed by atoms with Crippen molar-refractivity contribution >= 4 is 29.2 Å². The van der Waals surface area contributed by atoms with Crippen LogP contribution in [0.1, 0.15) is 24.0 Å². The van der Waals surface area contributed by atoms with Crippen molar-refractivity contribution in [3.63, 3.8) is 0 Å². The van der Waals surface area contributed by atoms with E-state index in [4.69, 9.17) is 33.7 Å². The molecule has 0 bridgehead atoms. The van der Waals surface area contributed by atoms with Crippen molar-refractivity contribution in [1.29, 1.82) is 0 Å². The monoisotopic (exact) mass is 491 g/mol. The second-order valence-electron chi connectivity index (χ2n) is 7.30. The van der Waals surface area contributed by atoms with Crippen molar-refractivity contribution in [2.75, 3.05) is 20.7 Å². The Morgan fingerprint density at radius 1 is 1.27 bits per heavy atom. The topological polar surface area (TPSA) is 115 Å². The van der Waals surface area contributed by atoms with Gasteiger partial charge in [0.2, 0.25) is 0 Å². The molecular weight excluding hydrogens is 469 g/mol. The number of rotatable bonds is 7. The Morgan fingerprint density at radius 2 is 1.94 bits per heavy atom. The first-order valence-corrected chi connectivity index (χ1v) is 10.8. The third-order valence-electron chi connectivity index (χ3n) is 5.39. The van der Waals surface area contributed by atoms with Crippen molar-refractivity contribution < 1.29 is 14.5 Å². The van der Waals surface area contributed by atoms with Gasteiger partial charge in [-0.15, -0.1) is 0 Å². The van der Waals surface area contributed by atoms with Crippen molar-refractivity contribution in [3.05, 3.63) is 96.9 Å². The van der Waals surface area contributed by atoms with Gasteiger partial charge in [0.25, 0.3) is 5.70 Å². The van der Waals surface area contributed by atoms with E-state index in [2.05, 4.69) is 4.98 Å². The maximum absolute atomic E-state index is 12.7. The van der Waals surface area contributed by atoms with Gasteiger partial charge in [0.1, 0.15) is 16.9 Å². The zero-order valence-corrected chi connectivity index (χ0v) is 19.8. The first-order valence-electron chi connectivity index (χ1n) is 10.0. The number of hydrogen-bond donors (Lipinski definition) is 1. The molecule has 1 aliphatic rings. The first-order chi connectivity index (χ1) is 15.7. The summed E-state index contributed by atoms with van der Waals surface area (Å²) in [5, 5.41) is 13.3. The number of benzene rings is 1. The number of esters is 1. The number of carbonyl (C=O) groups is 1. The van der Waals surface area contributed by atoms with Gasteiger partial charge < -0.3 is 20.3 Å². The van der Waals surface area contributed by atoms with E-state index >= 15 is 0 Å². The van der Waals surface area contributed by atoms with Gasteiger partial charge in [0, 0.05) is 31.4 Å². The average Bonchev–Trinajstić information content (AvgIpc) is 2.80. The average molecular weight is 492 g/mol. The van der Waals surface area contributed by atoms with Crippen LogP contribution in [0.2, 0.25) is 10.2 Å². The van der Waals surface area contributed by atoms with E-state index in [9.17, 15) is 14.9 Å². The number of carbonyl (C=O) groups excluding carboxylic acids is 1. The van der Waals surface area contributed by atoms with Crippen LogP contribution < -0.4 is 5.73 Å². The van der Waals surface area contributed by atoms with E-state index in [1.165, 1.54) is 12.0 Å². The number of pyridine rings is 1. The fourth-order valence-electron chi connectivity index (χ4n) is 3.81. The highest BCUT2D eigenvalue weighted by molar-refractivity contribution is 6.30. The van der Waals surface area contributed by atoms with E-state index in [1.54, 1.807) is 54.5 Å². The van der Waals surface area contributed by atoms with E-state index in [0.717, 1.165) is 5.56 Å². The standard InChI is InChI=1S/C22H23Cl2N5O4/c1-4-28(12-13-5-10-16(24)26-11-13)21-19(29(31)32)17(14-6-8-15(23)9-7-14)18(22(30)33-3)20(25)27(21)2/h5-11,17H,4,12,25H2,1-3H3. The summed E-state index contributed by atoms with van der Waals surface area (Å²) < 4.78 is 4.93. The zero-order chi connectivity index (χ0) is 24.3. The van der Waals surface area contributed by atoms with Gasteiger partial charge in [0.15, 0.2) is 5.82 Å². The minimum Gasteiger partial charge on any atom is -0.466 e. The number of halogens is 2. The van der Waals surface area contributed by atoms with Crippen LogP contribution >= 0.6 is 23.2 Å². The van der Waals surface area contributed by atoms with E-state index in [1.807, 2.05) is 6.92 Å². The quantitative estimate of drug-likeness (QED) is 0.269. The summed E-state index contributed by atoms with van der Waals surface area (Å²) in [6, 6.07) is 9.92. The first kappa shape index (κ1) is 24.3. The maximum Gasteiger partial charge on any atom is 0.338 e. The number of nitrogens with zero attached hydrogens (tertiary/aromatic N) is 4. The van der Waals surface area contributed by atoms with E-state index in [0.29, 0.717) is 28.8 Å². The second-order valence-corrected chi connectivity index (χ2v) is 8.13. The Bertz CT molecular complexity index is 1120. The molecule has 33 heavy (non-hydrogen) atoms. The number of nitro groups is 1. The van der Waals surface area contributed by atoms with Crippen molar-refractivity contribution in [2.24, 2.45) is 5.73 Å². The van der Waals surface area contributed by atoms with Crippen LogP contribution in [0.5, 0.6) is 0 Å². The molecule has 174 valence electrons. The summed E-state index contributed by atoms with van der Waals surface area (Å²) in [6.45, 7) is 2.61. The lowest BCUT2D eigenvalue weighted by molar-refractivity contribution is -0.433. The van der Waals surface area contributed by atoms with Crippen LogP contribution in [0.15, 0.2) is 65.5 Å². The molecule has 0 fully saturated rings. The van der Waals surface area contributed by atoms with Crippen LogP contribution in [0.25, 0.3) is 0 Å². The molecular formula is C22H23Cl2N5O4. The van der Waals surface area contributed by atoms with Gasteiger partial charge in [-0.3, -0.25) is 10.1 Å². The van der Waals surface area contributed by atoms with Crippen LogP contribution in [0.4, 0.5) is 0 Å². The molecule has 0 aliphatic carbocycles. The summed E-state index contributed by atoms with van der Waals surface area (Å²) in [6.07, 6.45) is 1.61. The molecule has 2 N–H and O–H groups in total. The second kappa shape index (κ2) is 10.1. The molecule has 1 aromatic carbocycles. The van der Waals surface area contributed by atoms with Gasteiger partial charge in [0.05, 0.1) is 17.6 Å². The lowest BCUT2D eigenvalue weighted by atomic mass is 9.85. The fourth-order valence-corrected chi connectivity index (χ4v) is 4.05. The minimum absolute atomic E-state index is 0.0121. The molecule has 1 unspecified atom stereocenters. The molecule has 0 saturated heterocycles. The molecule has 1 aromatic heterocycles. The predicted molar refractivity (Wildman–Crippen MR) is 125 cm³/mol. The molecule has 2 aromatic rings. The summed E-state index contributed by atoms with van der Waals surface area (Å²) >= 11 is 11.9. The fraction of sp³-hybridized carbons (Fsp3) is 0.273. The van der Waals surface area contributed by atoms with Crippen LogP contribution in [-0.2, 0) is 16.1 Å². The van der Waals surface area contributed by atoms with E-state index < -0.39 is 16.8 Å². The van der Waals surface area contributed by atoms with Crippen molar-refractivity contribution in [2.45, 2.75) is 19.4 Å². The van der Waals surface area contributed by atoms with Crippen molar-refractivity contribution in [3.8, 4) is 0 Å². The zero-order valence-electron chi connectivity index (χ0n) is 18.3. The summed E-state index contributed by atoms with van der Waals surface area (Å²) in [4.78, 5) is 32.0. The number of ether oxygens (including phenoxy) is 1. The Hall–Kier alpha value is -3.30. The lowest BCUT2D eigenvalue weighted by Crippen LogP contribution is -2.43. The molecule has 2 heterocycles. The van der Waals surface area contributed by atoms with Crippen molar-refractivity contribution in [1.82, 2.24) is 14.8 Å². The molecule has 1 atom stereocenters. The minimum atomic E-state index is -1.06. The summed E-state index contributed by atoms with van der Waals surface area (Å²) in [5.74, 6) is -1.48. The number of hydrogen-bond acceptors (Lipinski definition) is 8. The summed E-state index contributed by atoms with van der Waals surface area (Å²) in [7, 11) is 2.79. The third-order valence-corrected chi connectivity index (χ3v) is 5.87. The lowest BCUT2D eigenvalue weighted by Gasteiger charge is -2.38. The van der Waals surface area contributed by atoms with Gasteiger partial charge >= 0.3 is 5.97 Å². The Kier molecular flexibility index (Phi) is 7.45. The molecule has 1 aliphatic heterocycles. The number of allylic oxidation sites excluding steroid dienone is 1. The highest BCUT2D eigenvalue weighted by atomic mass is 35.5. The Labute approximate surface area is 201 Å². The molecule has 3 rings (SSSR count). The number of nitrogens with two attached hydrogens (primary N) is 1. The van der Waals surface area contributed by atoms with Gasteiger partial charge in [-0.25, -0.2) is 9.78 Å². The van der Waals surface area contributed by atoms with Gasteiger partial charge in [-0.1, -0.05) is 41.4 Å². The molecule has 11 heteroatoms. The molecule has 0 spiro atoms. The smallest absolute Gasteiger partial charge is 0.338 e. The normalized spacial score (nSPS) is 16.2. The number of methoxy groups -OCH3 is 1. The van der Waals surface area contributed by atoms with Crippen LogP contribution in [0, 0.1) is 10.1 Å².